The lowest BCUT2D eigenvalue weighted by Crippen LogP contribution is -2.27. The predicted octanol–water partition coefficient (Wildman–Crippen LogP) is 3.15. The SMILES string of the molecule is COc1ccc(CCNc2ccc(C(=O)NCCc3ccccc3)c[nH+]2)cc1OC. The number of carbonyl (C=O) groups is 1. The van der Waals surface area contributed by atoms with E-state index in [9.17, 15) is 4.79 Å². The summed E-state index contributed by atoms with van der Waals surface area (Å²) in [6, 6.07) is 19.7. The van der Waals surface area contributed by atoms with Crippen LogP contribution in [0, 0.1) is 0 Å². The standard InChI is InChI=1S/C24H27N3O3/c1-29-21-10-8-19(16-22(21)30-2)13-14-25-23-11-9-20(17-27-23)24(28)26-15-12-18-6-4-3-5-7-18/h3-11,16-17H,12-15H2,1-2H3,(H,25,27)(H,26,28)/p+1. The molecule has 6 heteroatoms. The molecule has 0 atom stereocenters. The maximum atomic E-state index is 12.3. The van der Waals surface area contributed by atoms with Crippen molar-refractivity contribution in [2.75, 3.05) is 32.6 Å². The topological polar surface area (TPSA) is 73.7 Å². The number of hydrogen-bond acceptors (Lipinski definition) is 4. The van der Waals surface area contributed by atoms with Crippen LogP contribution in [0.25, 0.3) is 0 Å². The quantitative estimate of drug-likeness (QED) is 0.543. The molecule has 0 unspecified atom stereocenters. The number of methoxy groups -OCH3 is 2. The maximum absolute atomic E-state index is 12.3. The molecule has 2 aromatic carbocycles. The molecule has 0 aliphatic heterocycles. The molecule has 0 aliphatic rings. The highest BCUT2D eigenvalue weighted by Gasteiger charge is 2.09. The summed E-state index contributed by atoms with van der Waals surface area (Å²) in [6.07, 6.45) is 3.36. The van der Waals surface area contributed by atoms with Gasteiger partial charge in [-0.3, -0.25) is 10.1 Å². The van der Waals surface area contributed by atoms with Crippen molar-refractivity contribution >= 4 is 11.7 Å². The number of aromatic nitrogens is 1. The van der Waals surface area contributed by atoms with Gasteiger partial charge >= 0.3 is 0 Å². The maximum Gasteiger partial charge on any atom is 0.272 e. The third kappa shape index (κ3) is 5.98. The number of carbonyl (C=O) groups excluding carboxylic acids is 1. The summed E-state index contributed by atoms with van der Waals surface area (Å²) in [4.78, 5) is 15.4. The molecular formula is C24H28N3O3+. The zero-order valence-corrected chi connectivity index (χ0v) is 17.4. The molecular weight excluding hydrogens is 378 g/mol. The van der Waals surface area contributed by atoms with E-state index in [4.69, 9.17) is 9.47 Å². The van der Waals surface area contributed by atoms with Crippen LogP contribution < -0.4 is 25.1 Å². The minimum Gasteiger partial charge on any atom is -0.493 e. The molecule has 1 aromatic heterocycles. The van der Waals surface area contributed by atoms with E-state index in [1.807, 2.05) is 48.5 Å². The van der Waals surface area contributed by atoms with Gasteiger partial charge in [-0.25, -0.2) is 4.98 Å². The molecule has 3 aromatic rings. The molecule has 0 saturated carbocycles. The molecule has 30 heavy (non-hydrogen) atoms. The molecule has 1 amide bonds. The van der Waals surface area contributed by atoms with Crippen LogP contribution in [0.5, 0.6) is 11.5 Å². The smallest absolute Gasteiger partial charge is 0.272 e. The number of pyridine rings is 1. The Hall–Kier alpha value is -3.54. The summed E-state index contributed by atoms with van der Waals surface area (Å²) in [6.45, 7) is 1.35. The second kappa shape index (κ2) is 10.9. The van der Waals surface area contributed by atoms with Gasteiger partial charge in [0.1, 0.15) is 6.20 Å². The molecule has 0 saturated heterocycles. The Balaban J connectivity index is 1.44. The van der Waals surface area contributed by atoms with E-state index in [1.54, 1.807) is 20.4 Å². The largest absolute Gasteiger partial charge is 0.493 e. The first-order valence-corrected chi connectivity index (χ1v) is 9.98. The molecule has 3 N–H and O–H groups in total. The first kappa shape index (κ1) is 21.2. The van der Waals surface area contributed by atoms with Crippen LogP contribution in [0.2, 0.25) is 0 Å². The van der Waals surface area contributed by atoms with Crippen molar-refractivity contribution in [3.8, 4) is 11.5 Å². The lowest BCUT2D eigenvalue weighted by atomic mass is 10.1. The molecule has 6 nitrogen and oxygen atoms in total. The predicted molar refractivity (Wildman–Crippen MR) is 117 cm³/mol. The number of amides is 1. The van der Waals surface area contributed by atoms with Crippen LogP contribution in [0.1, 0.15) is 21.5 Å². The van der Waals surface area contributed by atoms with E-state index in [2.05, 4.69) is 27.8 Å². The van der Waals surface area contributed by atoms with Gasteiger partial charge in [0.2, 0.25) is 0 Å². The molecule has 0 bridgehead atoms. The van der Waals surface area contributed by atoms with Gasteiger partial charge in [0, 0.05) is 19.0 Å². The highest BCUT2D eigenvalue weighted by molar-refractivity contribution is 5.93. The lowest BCUT2D eigenvalue weighted by molar-refractivity contribution is -0.361. The van der Waals surface area contributed by atoms with E-state index in [0.717, 1.165) is 42.3 Å². The number of ether oxygens (including phenoxy) is 2. The van der Waals surface area contributed by atoms with Gasteiger partial charge in [0.05, 0.1) is 26.3 Å². The molecule has 0 radical (unpaired) electrons. The fourth-order valence-corrected chi connectivity index (χ4v) is 3.12. The first-order chi connectivity index (χ1) is 14.7. The summed E-state index contributed by atoms with van der Waals surface area (Å²) < 4.78 is 10.6. The Morgan fingerprint density at radius 2 is 1.63 bits per heavy atom. The first-order valence-electron chi connectivity index (χ1n) is 9.98. The average Bonchev–Trinajstić information content (AvgIpc) is 2.80. The number of rotatable bonds is 10. The van der Waals surface area contributed by atoms with Crippen LogP contribution in [-0.4, -0.2) is 33.2 Å². The normalized spacial score (nSPS) is 10.3. The zero-order chi connectivity index (χ0) is 21.2. The summed E-state index contributed by atoms with van der Waals surface area (Å²) in [7, 11) is 3.26. The monoisotopic (exact) mass is 406 g/mol. The number of anilines is 1. The van der Waals surface area contributed by atoms with Crippen molar-refractivity contribution in [3.63, 3.8) is 0 Å². The van der Waals surface area contributed by atoms with Gasteiger partial charge in [0.15, 0.2) is 11.5 Å². The van der Waals surface area contributed by atoms with Gasteiger partial charge in [-0.1, -0.05) is 36.4 Å². The van der Waals surface area contributed by atoms with Crippen molar-refractivity contribution in [1.29, 1.82) is 0 Å². The molecule has 0 fully saturated rings. The number of H-pyrrole nitrogens is 1. The van der Waals surface area contributed by atoms with Crippen LogP contribution in [-0.2, 0) is 12.8 Å². The minimum absolute atomic E-state index is 0.0842. The number of nitrogens with one attached hydrogen (secondary N) is 3. The fraction of sp³-hybridized carbons (Fsp3) is 0.250. The Bertz CT molecular complexity index is 944. The molecule has 0 spiro atoms. The molecule has 0 aliphatic carbocycles. The lowest BCUT2D eigenvalue weighted by Gasteiger charge is -2.09. The Morgan fingerprint density at radius 3 is 2.33 bits per heavy atom. The van der Waals surface area contributed by atoms with Gasteiger partial charge < -0.3 is 14.8 Å². The van der Waals surface area contributed by atoms with Crippen molar-refractivity contribution in [1.82, 2.24) is 5.32 Å². The van der Waals surface area contributed by atoms with Gasteiger partial charge in [0.25, 0.3) is 11.7 Å². The van der Waals surface area contributed by atoms with E-state index in [1.165, 1.54) is 5.56 Å². The zero-order valence-electron chi connectivity index (χ0n) is 17.4. The summed E-state index contributed by atoms with van der Waals surface area (Å²) in [5, 5.41) is 6.28. The highest BCUT2D eigenvalue weighted by Crippen LogP contribution is 2.27. The summed E-state index contributed by atoms with van der Waals surface area (Å²) in [5.74, 6) is 2.22. The number of aromatic amines is 1. The van der Waals surface area contributed by atoms with E-state index < -0.39 is 0 Å². The summed E-state index contributed by atoms with van der Waals surface area (Å²) >= 11 is 0. The van der Waals surface area contributed by atoms with E-state index in [-0.39, 0.29) is 5.91 Å². The second-order valence-corrected chi connectivity index (χ2v) is 6.85. The van der Waals surface area contributed by atoms with Gasteiger partial charge in [-0.2, -0.15) is 0 Å². The fourth-order valence-electron chi connectivity index (χ4n) is 3.12. The Morgan fingerprint density at radius 1 is 0.867 bits per heavy atom. The van der Waals surface area contributed by atoms with Crippen LogP contribution in [0.15, 0.2) is 66.9 Å². The Labute approximate surface area is 177 Å². The van der Waals surface area contributed by atoms with E-state index >= 15 is 0 Å². The highest BCUT2D eigenvalue weighted by atomic mass is 16.5. The van der Waals surface area contributed by atoms with Crippen molar-refractivity contribution in [3.05, 3.63) is 83.6 Å². The summed E-state index contributed by atoms with van der Waals surface area (Å²) in [5.41, 5.74) is 2.96. The molecule has 156 valence electrons. The van der Waals surface area contributed by atoms with E-state index in [0.29, 0.717) is 12.1 Å². The van der Waals surface area contributed by atoms with Crippen molar-refractivity contribution in [2.24, 2.45) is 0 Å². The average molecular weight is 407 g/mol. The van der Waals surface area contributed by atoms with Crippen LogP contribution in [0.4, 0.5) is 5.82 Å². The Kier molecular flexibility index (Phi) is 7.66. The third-order valence-electron chi connectivity index (χ3n) is 4.79. The number of hydrogen-bond donors (Lipinski definition) is 2. The van der Waals surface area contributed by atoms with Crippen LogP contribution in [0.3, 0.4) is 0 Å². The van der Waals surface area contributed by atoms with Gasteiger partial charge in [-0.15, -0.1) is 0 Å². The minimum atomic E-state index is -0.0842. The van der Waals surface area contributed by atoms with Crippen molar-refractivity contribution in [2.45, 2.75) is 12.8 Å². The molecule has 3 rings (SSSR count). The van der Waals surface area contributed by atoms with Gasteiger partial charge in [-0.05, 0) is 35.7 Å². The second-order valence-electron chi connectivity index (χ2n) is 6.85. The third-order valence-corrected chi connectivity index (χ3v) is 4.79. The molecule has 1 heterocycles. The number of benzene rings is 2. The van der Waals surface area contributed by atoms with Crippen LogP contribution >= 0.6 is 0 Å². The van der Waals surface area contributed by atoms with Crippen molar-refractivity contribution < 1.29 is 19.3 Å².